The number of hydrogen-bond donors (Lipinski definition) is 3. The molecule has 4 N–H and O–H groups in total. The van der Waals surface area contributed by atoms with Gasteiger partial charge in [-0.05, 0) is 67.6 Å². The zero-order valence-electron chi connectivity index (χ0n) is 19.4. The van der Waals surface area contributed by atoms with E-state index in [0.29, 0.717) is 23.5 Å². The highest BCUT2D eigenvalue weighted by Gasteiger charge is 2.18. The molecule has 3 aromatic carbocycles. The van der Waals surface area contributed by atoms with Gasteiger partial charge in [-0.1, -0.05) is 36.4 Å². The predicted molar refractivity (Wildman–Crippen MR) is 139 cm³/mol. The Bertz CT molecular complexity index is 1140. The zero-order chi connectivity index (χ0) is 23.8. The lowest BCUT2D eigenvalue weighted by Gasteiger charge is -2.18. The van der Waals surface area contributed by atoms with Crippen LogP contribution in [0.3, 0.4) is 0 Å². The van der Waals surface area contributed by atoms with Crippen molar-refractivity contribution in [1.29, 1.82) is 0 Å². The fraction of sp³-hybridized carbons (Fsp3) is 0.250. The van der Waals surface area contributed by atoms with Crippen molar-refractivity contribution in [3.05, 3.63) is 83.9 Å². The lowest BCUT2D eigenvalue weighted by atomic mass is 10.1. The maximum Gasteiger partial charge on any atom is 0.255 e. The summed E-state index contributed by atoms with van der Waals surface area (Å²) in [7, 11) is 1.66. The Kier molecular flexibility index (Phi) is 7.71. The van der Waals surface area contributed by atoms with Gasteiger partial charge < -0.3 is 25.8 Å². The molecule has 176 valence electrons. The number of para-hydroxylation sites is 2. The molecule has 0 spiro atoms. The van der Waals surface area contributed by atoms with Crippen LogP contribution in [0.1, 0.15) is 41.6 Å². The van der Waals surface area contributed by atoms with Gasteiger partial charge in [0.25, 0.3) is 5.91 Å². The second kappa shape index (κ2) is 11.3. The molecule has 0 aliphatic heterocycles. The van der Waals surface area contributed by atoms with Gasteiger partial charge in [0.15, 0.2) is 0 Å². The Morgan fingerprint density at radius 1 is 1.03 bits per heavy atom. The molecule has 1 aliphatic rings. The van der Waals surface area contributed by atoms with Gasteiger partial charge in [0.1, 0.15) is 11.5 Å². The standard InChI is InChI=1S/C28H31N3O3/c1-33-23-16-17-26(27(19-23)34-22-8-2-3-9-22)30-18-6-7-20-12-14-21(15-13-20)28(32)31-25-11-5-4-10-24(25)29/h4-7,10-17,19,22,30H,2-3,8-9,18,29H2,1H3,(H,31,32). The third-order valence-corrected chi connectivity index (χ3v) is 5.89. The van der Waals surface area contributed by atoms with E-state index in [1.54, 1.807) is 31.4 Å². The van der Waals surface area contributed by atoms with Gasteiger partial charge in [-0.3, -0.25) is 4.79 Å². The number of carbonyl (C=O) groups is 1. The van der Waals surface area contributed by atoms with Crippen molar-refractivity contribution in [3.63, 3.8) is 0 Å². The number of amides is 1. The highest BCUT2D eigenvalue weighted by Crippen LogP contribution is 2.33. The van der Waals surface area contributed by atoms with Crippen LogP contribution < -0.4 is 25.8 Å². The Labute approximate surface area is 200 Å². The predicted octanol–water partition coefficient (Wildman–Crippen LogP) is 5.98. The zero-order valence-corrected chi connectivity index (χ0v) is 19.4. The normalized spacial score (nSPS) is 13.7. The molecule has 0 bridgehead atoms. The van der Waals surface area contributed by atoms with Crippen molar-refractivity contribution >= 4 is 29.0 Å². The first-order chi connectivity index (χ1) is 16.6. The van der Waals surface area contributed by atoms with Crippen LogP contribution in [-0.4, -0.2) is 25.7 Å². The van der Waals surface area contributed by atoms with E-state index in [4.69, 9.17) is 15.2 Å². The number of nitrogen functional groups attached to an aromatic ring is 1. The van der Waals surface area contributed by atoms with Crippen molar-refractivity contribution in [2.24, 2.45) is 0 Å². The number of methoxy groups -OCH3 is 1. The van der Waals surface area contributed by atoms with E-state index in [-0.39, 0.29) is 12.0 Å². The lowest BCUT2D eigenvalue weighted by molar-refractivity contribution is 0.102. The van der Waals surface area contributed by atoms with Gasteiger partial charge in [-0.15, -0.1) is 0 Å². The van der Waals surface area contributed by atoms with Crippen molar-refractivity contribution in [1.82, 2.24) is 0 Å². The molecule has 0 heterocycles. The van der Waals surface area contributed by atoms with Crippen molar-refractivity contribution in [2.45, 2.75) is 31.8 Å². The summed E-state index contributed by atoms with van der Waals surface area (Å²) in [6.07, 6.45) is 8.99. The quantitative estimate of drug-likeness (QED) is 0.344. The van der Waals surface area contributed by atoms with Gasteiger partial charge in [0.2, 0.25) is 0 Å². The van der Waals surface area contributed by atoms with E-state index in [1.807, 2.05) is 54.6 Å². The van der Waals surface area contributed by atoms with Crippen molar-refractivity contribution < 1.29 is 14.3 Å². The maximum absolute atomic E-state index is 12.5. The van der Waals surface area contributed by atoms with E-state index in [2.05, 4.69) is 10.6 Å². The summed E-state index contributed by atoms with van der Waals surface area (Å²) in [6.45, 7) is 0.642. The van der Waals surface area contributed by atoms with E-state index in [0.717, 1.165) is 35.6 Å². The molecule has 1 saturated carbocycles. The molecule has 4 rings (SSSR count). The molecule has 1 amide bonds. The summed E-state index contributed by atoms with van der Waals surface area (Å²) in [6, 6.07) is 20.5. The van der Waals surface area contributed by atoms with Gasteiger partial charge in [0, 0.05) is 18.2 Å². The molecule has 1 aliphatic carbocycles. The molecule has 34 heavy (non-hydrogen) atoms. The summed E-state index contributed by atoms with van der Waals surface area (Å²) in [5, 5.41) is 6.27. The largest absolute Gasteiger partial charge is 0.497 e. The number of rotatable bonds is 9. The molecule has 0 atom stereocenters. The molecule has 0 radical (unpaired) electrons. The minimum atomic E-state index is -0.190. The van der Waals surface area contributed by atoms with Crippen LogP contribution in [0.15, 0.2) is 72.8 Å². The van der Waals surface area contributed by atoms with Crippen LogP contribution in [0.5, 0.6) is 11.5 Å². The first-order valence-corrected chi connectivity index (χ1v) is 11.6. The lowest BCUT2D eigenvalue weighted by Crippen LogP contribution is -2.13. The smallest absolute Gasteiger partial charge is 0.255 e. The van der Waals surface area contributed by atoms with E-state index in [1.165, 1.54) is 12.8 Å². The highest BCUT2D eigenvalue weighted by atomic mass is 16.5. The minimum absolute atomic E-state index is 0.190. The Morgan fingerprint density at radius 3 is 2.53 bits per heavy atom. The fourth-order valence-corrected chi connectivity index (χ4v) is 3.97. The summed E-state index contributed by atoms with van der Waals surface area (Å²) in [5.74, 6) is 1.42. The summed E-state index contributed by atoms with van der Waals surface area (Å²) in [5.41, 5.74) is 9.58. The second-order valence-corrected chi connectivity index (χ2v) is 8.33. The van der Waals surface area contributed by atoms with Crippen LogP contribution in [0.25, 0.3) is 6.08 Å². The van der Waals surface area contributed by atoms with Gasteiger partial charge in [-0.2, -0.15) is 0 Å². The second-order valence-electron chi connectivity index (χ2n) is 8.33. The highest BCUT2D eigenvalue weighted by molar-refractivity contribution is 6.05. The molecule has 6 nitrogen and oxygen atoms in total. The average molecular weight is 458 g/mol. The fourth-order valence-electron chi connectivity index (χ4n) is 3.97. The Balaban J connectivity index is 1.33. The number of hydrogen-bond acceptors (Lipinski definition) is 5. The Morgan fingerprint density at radius 2 is 1.79 bits per heavy atom. The van der Waals surface area contributed by atoms with E-state index in [9.17, 15) is 4.79 Å². The van der Waals surface area contributed by atoms with Gasteiger partial charge >= 0.3 is 0 Å². The van der Waals surface area contributed by atoms with Crippen LogP contribution >= 0.6 is 0 Å². The summed E-state index contributed by atoms with van der Waals surface area (Å²) in [4.78, 5) is 12.5. The van der Waals surface area contributed by atoms with Crippen LogP contribution in [0.2, 0.25) is 0 Å². The average Bonchev–Trinajstić information content (AvgIpc) is 3.37. The van der Waals surface area contributed by atoms with E-state index < -0.39 is 0 Å². The molecule has 1 fully saturated rings. The minimum Gasteiger partial charge on any atom is -0.497 e. The third-order valence-electron chi connectivity index (χ3n) is 5.89. The number of carbonyl (C=O) groups excluding carboxylic acids is 1. The van der Waals surface area contributed by atoms with Gasteiger partial charge in [0.05, 0.1) is 30.3 Å². The molecule has 6 heteroatoms. The number of benzene rings is 3. The van der Waals surface area contributed by atoms with Crippen LogP contribution in [0, 0.1) is 0 Å². The SMILES string of the molecule is COc1ccc(NCC=Cc2ccc(C(=O)Nc3ccccc3N)cc2)c(OC2CCCC2)c1. The summed E-state index contributed by atoms with van der Waals surface area (Å²) < 4.78 is 11.6. The monoisotopic (exact) mass is 457 g/mol. The van der Waals surface area contributed by atoms with Crippen molar-refractivity contribution in [2.75, 3.05) is 30.0 Å². The topological polar surface area (TPSA) is 85.6 Å². The molecular formula is C28H31N3O3. The van der Waals surface area contributed by atoms with E-state index >= 15 is 0 Å². The number of nitrogens with two attached hydrogens (primary N) is 1. The first kappa shape index (κ1) is 23.2. The third kappa shape index (κ3) is 6.10. The van der Waals surface area contributed by atoms with Crippen molar-refractivity contribution in [3.8, 4) is 11.5 Å². The Hall–Kier alpha value is -3.93. The summed E-state index contributed by atoms with van der Waals surface area (Å²) >= 11 is 0. The molecule has 3 aromatic rings. The molecule has 0 saturated heterocycles. The number of nitrogens with one attached hydrogen (secondary N) is 2. The molecule has 0 unspecified atom stereocenters. The maximum atomic E-state index is 12.5. The van der Waals surface area contributed by atoms with Crippen LogP contribution in [-0.2, 0) is 0 Å². The van der Waals surface area contributed by atoms with Gasteiger partial charge in [-0.25, -0.2) is 0 Å². The van der Waals surface area contributed by atoms with Crippen LogP contribution in [0.4, 0.5) is 17.1 Å². The number of anilines is 3. The molecule has 0 aromatic heterocycles. The number of ether oxygens (including phenoxy) is 2. The molecular weight excluding hydrogens is 426 g/mol. The first-order valence-electron chi connectivity index (χ1n) is 11.6.